The van der Waals surface area contributed by atoms with Gasteiger partial charge in [-0.2, -0.15) is 0 Å². The molecule has 2 rings (SSSR count). The van der Waals surface area contributed by atoms with Crippen LogP contribution >= 0.6 is 0 Å². The molecule has 1 atom stereocenters. The summed E-state index contributed by atoms with van der Waals surface area (Å²) in [4.78, 5) is 11.1. The molecule has 0 aromatic heterocycles. The summed E-state index contributed by atoms with van der Waals surface area (Å²) in [5.74, 6) is 0. The van der Waals surface area contributed by atoms with E-state index in [4.69, 9.17) is 0 Å². The molecule has 1 aliphatic carbocycles. The van der Waals surface area contributed by atoms with Gasteiger partial charge in [-0.05, 0) is 48.9 Å². The minimum Gasteiger partial charge on any atom is -0.453 e. The molecule has 0 aliphatic heterocycles. The first kappa shape index (κ1) is 14.7. The van der Waals surface area contributed by atoms with Crippen LogP contribution in [0.1, 0.15) is 39.5 Å². The van der Waals surface area contributed by atoms with Gasteiger partial charge in [0.15, 0.2) is 0 Å². The van der Waals surface area contributed by atoms with E-state index in [9.17, 15) is 4.79 Å². The lowest BCUT2D eigenvalue weighted by atomic mass is 9.75. The summed E-state index contributed by atoms with van der Waals surface area (Å²) in [6.07, 6.45) is 4.58. The molecule has 4 heteroatoms. The number of carbonyl (C=O) groups is 1. The lowest BCUT2D eigenvalue weighted by Crippen LogP contribution is -2.31. The van der Waals surface area contributed by atoms with Gasteiger partial charge in [0, 0.05) is 17.4 Å². The van der Waals surface area contributed by atoms with Crippen LogP contribution in [0.2, 0.25) is 0 Å². The van der Waals surface area contributed by atoms with Crippen molar-refractivity contribution in [1.82, 2.24) is 0 Å². The summed E-state index contributed by atoms with van der Waals surface area (Å²) in [5.41, 5.74) is 2.27. The van der Waals surface area contributed by atoms with Gasteiger partial charge < -0.3 is 10.1 Å². The van der Waals surface area contributed by atoms with Gasteiger partial charge in [0.2, 0.25) is 0 Å². The Balaban J connectivity index is 1.92. The van der Waals surface area contributed by atoms with Crippen molar-refractivity contribution in [2.45, 2.75) is 45.6 Å². The average Bonchev–Trinajstić information content (AvgIpc) is 2.40. The highest BCUT2D eigenvalue weighted by Crippen LogP contribution is 2.36. The van der Waals surface area contributed by atoms with Gasteiger partial charge in [-0.3, -0.25) is 5.32 Å². The maximum Gasteiger partial charge on any atom is 0.411 e. The summed E-state index contributed by atoms with van der Waals surface area (Å²) in [6, 6.07) is 8.29. The second-order valence-corrected chi connectivity index (χ2v) is 6.30. The summed E-state index contributed by atoms with van der Waals surface area (Å²) in [6.45, 7) is 4.68. The Bertz CT molecular complexity index is 454. The number of hydrogen-bond acceptors (Lipinski definition) is 3. The third-order valence-electron chi connectivity index (χ3n) is 3.89. The van der Waals surface area contributed by atoms with E-state index in [-0.39, 0.29) is 0 Å². The summed E-state index contributed by atoms with van der Waals surface area (Å²) >= 11 is 0. The number of hydrogen-bond donors (Lipinski definition) is 2. The Labute approximate surface area is 120 Å². The van der Waals surface area contributed by atoms with Crippen LogP contribution in [0, 0.1) is 5.41 Å². The molecule has 0 heterocycles. The maximum atomic E-state index is 11.1. The Morgan fingerprint density at radius 3 is 2.50 bits per heavy atom. The predicted octanol–water partition coefficient (Wildman–Crippen LogP) is 4.25. The molecule has 20 heavy (non-hydrogen) atoms. The van der Waals surface area contributed by atoms with Crippen LogP contribution in [-0.4, -0.2) is 19.2 Å². The molecule has 1 aliphatic rings. The molecule has 4 nitrogen and oxygen atoms in total. The SMILES string of the molecule is COC(=O)Nc1ccc(NC2CCCC(C)(C)C2)cc1. The van der Waals surface area contributed by atoms with Crippen LogP contribution in [0.25, 0.3) is 0 Å². The van der Waals surface area contributed by atoms with Crippen LogP contribution in [0.4, 0.5) is 16.2 Å². The van der Waals surface area contributed by atoms with E-state index in [0.717, 1.165) is 11.4 Å². The van der Waals surface area contributed by atoms with Crippen molar-refractivity contribution in [1.29, 1.82) is 0 Å². The average molecular weight is 276 g/mol. The van der Waals surface area contributed by atoms with Crippen molar-refractivity contribution in [3.05, 3.63) is 24.3 Å². The Kier molecular flexibility index (Phi) is 4.53. The first-order chi connectivity index (χ1) is 9.48. The number of rotatable bonds is 3. The van der Waals surface area contributed by atoms with Crippen molar-refractivity contribution in [3.8, 4) is 0 Å². The zero-order valence-corrected chi connectivity index (χ0v) is 12.5. The van der Waals surface area contributed by atoms with Crippen LogP contribution in [-0.2, 0) is 4.74 Å². The molecule has 1 unspecified atom stereocenters. The van der Waals surface area contributed by atoms with E-state index < -0.39 is 6.09 Å². The molecule has 1 aromatic carbocycles. The van der Waals surface area contributed by atoms with E-state index in [1.807, 2.05) is 24.3 Å². The first-order valence-electron chi connectivity index (χ1n) is 7.20. The fourth-order valence-corrected chi connectivity index (χ4v) is 2.88. The van der Waals surface area contributed by atoms with Gasteiger partial charge in [0.25, 0.3) is 0 Å². The van der Waals surface area contributed by atoms with Crippen molar-refractivity contribution in [3.63, 3.8) is 0 Å². The number of ether oxygens (including phenoxy) is 1. The van der Waals surface area contributed by atoms with Gasteiger partial charge in [-0.1, -0.05) is 20.3 Å². The van der Waals surface area contributed by atoms with Crippen LogP contribution in [0.3, 0.4) is 0 Å². The highest BCUT2D eigenvalue weighted by molar-refractivity contribution is 5.84. The van der Waals surface area contributed by atoms with Gasteiger partial charge in [0.1, 0.15) is 0 Å². The lowest BCUT2D eigenvalue weighted by Gasteiger charge is -2.36. The minimum absolute atomic E-state index is 0.433. The molecular formula is C16H24N2O2. The van der Waals surface area contributed by atoms with Crippen LogP contribution in [0.5, 0.6) is 0 Å². The Morgan fingerprint density at radius 1 is 1.25 bits per heavy atom. The highest BCUT2D eigenvalue weighted by Gasteiger charge is 2.27. The molecule has 1 aromatic rings. The number of benzene rings is 1. The van der Waals surface area contributed by atoms with E-state index in [1.165, 1.54) is 32.8 Å². The lowest BCUT2D eigenvalue weighted by molar-refractivity contribution is 0.187. The van der Waals surface area contributed by atoms with E-state index in [2.05, 4.69) is 29.2 Å². The van der Waals surface area contributed by atoms with Gasteiger partial charge in [-0.15, -0.1) is 0 Å². The summed E-state index contributed by atoms with van der Waals surface area (Å²) in [7, 11) is 1.36. The fourth-order valence-electron chi connectivity index (χ4n) is 2.88. The highest BCUT2D eigenvalue weighted by atomic mass is 16.5. The monoisotopic (exact) mass is 276 g/mol. The number of carbonyl (C=O) groups excluding carboxylic acids is 1. The van der Waals surface area contributed by atoms with Crippen LogP contribution in [0.15, 0.2) is 24.3 Å². The smallest absolute Gasteiger partial charge is 0.411 e. The predicted molar refractivity (Wildman–Crippen MR) is 82.1 cm³/mol. The largest absolute Gasteiger partial charge is 0.453 e. The summed E-state index contributed by atoms with van der Waals surface area (Å²) in [5, 5.41) is 6.23. The summed E-state index contributed by atoms with van der Waals surface area (Å²) < 4.78 is 4.56. The van der Waals surface area contributed by atoms with E-state index >= 15 is 0 Å². The van der Waals surface area contributed by atoms with Gasteiger partial charge >= 0.3 is 6.09 Å². The standard InChI is InChI=1S/C16H24N2O2/c1-16(2)10-4-5-14(11-16)17-12-6-8-13(9-7-12)18-15(19)20-3/h6-9,14,17H,4-5,10-11H2,1-3H3,(H,18,19). The molecule has 1 saturated carbocycles. The van der Waals surface area contributed by atoms with Gasteiger partial charge in [0.05, 0.1) is 7.11 Å². The normalized spacial score (nSPS) is 21.1. The van der Waals surface area contributed by atoms with E-state index in [1.54, 1.807) is 0 Å². The molecule has 1 fully saturated rings. The van der Waals surface area contributed by atoms with E-state index in [0.29, 0.717) is 11.5 Å². The van der Waals surface area contributed by atoms with Gasteiger partial charge in [-0.25, -0.2) is 4.79 Å². The first-order valence-corrected chi connectivity index (χ1v) is 7.20. The number of nitrogens with one attached hydrogen (secondary N) is 2. The molecular weight excluding hydrogens is 252 g/mol. The third kappa shape index (κ3) is 4.15. The molecule has 0 spiro atoms. The number of methoxy groups -OCH3 is 1. The van der Waals surface area contributed by atoms with Crippen LogP contribution < -0.4 is 10.6 Å². The Hall–Kier alpha value is -1.71. The van der Waals surface area contributed by atoms with Crippen molar-refractivity contribution < 1.29 is 9.53 Å². The molecule has 0 bridgehead atoms. The molecule has 1 amide bonds. The molecule has 2 N–H and O–H groups in total. The van der Waals surface area contributed by atoms with Crippen molar-refractivity contribution >= 4 is 17.5 Å². The number of anilines is 2. The second kappa shape index (κ2) is 6.16. The molecule has 110 valence electrons. The topological polar surface area (TPSA) is 50.4 Å². The van der Waals surface area contributed by atoms with Crippen molar-refractivity contribution in [2.24, 2.45) is 5.41 Å². The van der Waals surface area contributed by atoms with Crippen molar-refractivity contribution in [2.75, 3.05) is 17.7 Å². The molecule has 0 radical (unpaired) electrons. The Morgan fingerprint density at radius 2 is 1.90 bits per heavy atom. The quantitative estimate of drug-likeness (QED) is 0.868. The number of amides is 1. The maximum absolute atomic E-state index is 11.1. The molecule has 0 saturated heterocycles. The zero-order valence-electron chi connectivity index (χ0n) is 12.5. The minimum atomic E-state index is -0.445. The fraction of sp³-hybridized carbons (Fsp3) is 0.562. The third-order valence-corrected chi connectivity index (χ3v) is 3.89. The zero-order chi connectivity index (χ0) is 14.6. The second-order valence-electron chi connectivity index (χ2n) is 6.30.